The average molecular weight is 251 g/mol. The van der Waals surface area contributed by atoms with Crippen molar-refractivity contribution in [3.63, 3.8) is 0 Å². The molecule has 0 atom stereocenters. The maximum Gasteiger partial charge on any atom is 0.339 e. The Kier molecular flexibility index (Phi) is 3.22. The van der Waals surface area contributed by atoms with Gasteiger partial charge in [0, 0.05) is 7.05 Å². The number of nitrogens with zero attached hydrogens (tertiary/aromatic N) is 3. The first-order valence-corrected chi connectivity index (χ1v) is 5.07. The van der Waals surface area contributed by atoms with Gasteiger partial charge in [-0.05, 0) is 12.1 Å². The van der Waals surface area contributed by atoms with Crippen molar-refractivity contribution in [1.29, 1.82) is 0 Å². The molecule has 0 radical (unpaired) electrons. The third-order valence-corrected chi connectivity index (χ3v) is 2.35. The van der Waals surface area contributed by atoms with Gasteiger partial charge in [0.25, 0.3) is 0 Å². The summed E-state index contributed by atoms with van der Waals surface area (Å²) in [5.74, 6) is -1.80. The van der Waals surface area contributed by atoms with Crippen molar-refractivity contribution in [1.82, 2.24) is 14.8 Å². The van der Waals surface area contributed by atoms with Crippen molar-refractivity contribution < 1.29 is 19.0 Å². The van der Waals surface area contributed by atoms with E-state index in [1.807, 2.05) is 0 Å². The molecule has 2 rings (SSSR count). The second kappa shape index (κ2) is 4.82. The van der Waals surface area contributed by atoms with E-state index in [0.29, 0.717) is 5.82 Å². The third-order valence-electron chi connectivity index (χ3n) is 2.35. The summed E-state index contributed by atoms with van der Waals surface area (Å²) >= 11 is 0. The van der Waals surface area contributed by atoms with Crippen LogP contribution in [0, 0.1) is 5.82 Å². The van der Waals surface area contributed by atoms with Gasteiger partial charge < -0.3 is 9.84 Å². The lowest BCUT2D eigenvalue weighted by Gasteiger charge is -2.09. The normalized spacial score (nSPS) is 10.3. The third kappa shape index (κ3) is 2.29. The molecule has 0 bridgehead atoms. The highest BCUT2D eigenvalue weighted by atomic mass is 19.1. The summed E-state index contributed by atoms with van der Waals surface area (Å²) in [7, 11) is 1.66. The van der Waals surface area contributed by atoms with Crippen molar-refractivity contribution in [2.45, 2.75) is 6.61 Å². The summed E-state index contributed by atoms with van der Waals surface area (Å²) < 4.78 is 20.1. The number of aromatic carboxylic acids is 1. The van der Waals surface area contributed by atoms with Crippen molar-refractivity contribution in [2.75, 3.05) is 0 Å². The predicted octanol–water partition coefficient (Wildman–Crippen LogP) is 1.23. The van der Waals surface area contributed by atoms with Gasteiger partial charge in [-0.25, -0.2) is 14.2 Å². The molecule has 1 heterocycles. The first-order chi connectivity index (χ1) is 8.59. The van der Waals surface area contributed by atoms with Gasteiger partial charge in [-0.2, -0.15) is 5.10 Å². The Labute approximate surface area is 102 Å². The zero-order chi connectivity index (χ0) is 13.1. The minimum Gasteiger partial charge on any atom is -0.482 e. The number of hydrogen-bond donors (Lipinski definition) is 1. The highest BCUT2D eigenvalue weighted by Gasteiger charge is 2.16. The minimum atomic E-state index is -1.25. The number of halogens is 1. The Morgan fingerprint density at radius 1 is 1.56 bits per heavy atom. The molecule has 0 saturated carbocycles. The average Bonchev–Trinajstić information content (AvgIpc) is 2.73. The summed E-state index contributed by atoms with van der Waals surface area (Å²) in [6.45, 7) is -0.0578. The SMILES string of the molecule is Cn1ncnc1COc1c(F)cccc1C(=O)O. The number of carboxylic acids is 1. The lowest BCUT2D eigenvalue weighted by molar-refractivity contribution is 0.0690. The molecule has 1 N–H and O–H groups in total. The number of carbonyl (C=O) groups is 1. The largest absolute Gasteiger partial charge is 0.482 e. The molecule has 0 saturated heterocycles. The van der Waals surface area contributed by atoms with Gasteiger partial charge in [0.1, 0.15) is 18.5 Å². The monoisotopic (exact) mass is 251 g/mol. The fourth-order valence-corrected chi connectivity index (χ4v) is 1.41. The Morgan fingerprint density at radius 3 is 2.94 bits per heavy atom. The van der Waals surface area contributed by atoms with Crippen LogP contribution < -0.4 is 4.74 Å². The molecule has 0 fully saturated rings. The van der Waals surface area contributed by atoms with Gasteiger partial charge >= 0.3 is 5.97 Å². The summed E-state index contributed by atoms with van der Waals surface area (Å²) in [5.41, 5.74) is -0.225. The number of para-hydroxylation sites is 1. The van der Waals surface area contributed by atoms with Crippen LogP contribution in [0.2, 0.25) is 0 Å². The van der Waals surface area contributed by atoms with Gasteiger partial charge in [0.2, 0.25) is 0 Å². The fraction of sp³-hybridized carbons (Fsp3) is 0.182. The maximum atomic E-state index is 13.5. The molecule has 1 aromatic heterocycles. The fourth-order valence-electron chi connectivity index (χ4n) is 1.41. The molecule has 6 nitrogen and oxygen atoms in total. The van der Waals surface area contributed by atoms with Crippen LogP contribution in [0.4, 0.5) is 4.39 Å². The topological polar surface area (TPSA) is 77.2 Å². The van der Waals surface area contributed by atoms with E-state index in [2.05, 4.69) is 10.1 Å². The zero-order valence-electron chi connectivity index (χ0n) is 9.50. The second-order valence-corrected chi connectivity index (χ2v) is 3.51. The zero-order valence-corrected chi connectivity index (χ0v) is 9.50. The van der Waals surface area contributed by atoms with Crippen LogP contribution in [0.1, 0.15) is 16.2 Å². The van der Waals surface area contributed by atoms with Crippen molar-refractivity contribution in [2.24, 2.45) is 7.05 Å². The van der Waals surface area contributed by atoms with E-state index in [0.717, 1.165) is 6.07 Å². The van der Waals surface area contributed by atoms with E-state index in [9.17, 15) is 9.18 Å². The molecular formula is C11H10FN3O3. The summed E-state index contributed by atoms with van der Waals surface area (Å²) in [6.07, 6.45) is 1.33. The van der Waals surface area contributed by atoms with Crippen molar-refractivity contribution in [3.05, 3.63) is 41.7 Å². The molecule has 94 valence electrons. The summed E-state index contributed by atoms with van der Waals surface area (Å²) in [4.78, 5) is 14.8. The maximum absolute atomic E-state index is 13.5. The molecule has 1 aromatic carbocycles. The second-order valence-electron chi connectivity index (χ2n) is 3.51. The van der Waals surface area contributed by atoms with Gasteiger partial charge in [-0.15, -0.1) is 0 Å². The van der Waals surface area contributed by atoms with E-state index in [1.54, 1.807) is 7.05 Å². The number of benzene rings is 1. The van der Waals surface area contributed by atoms with Crippen LogP contribution in [0.25, 0.3) is 0 Å². The molecule has 7 heteroatoms. The van der Waals surface area contributed by atoms with E-state index in [1.165, 1.54) is 23.1 Å². The number of rotatable bonds is 4. The van der Waals surface area contributed by atoms with Crippen LogP contribution in [0.5, 0.6) is 5.75 Å². The van der Waals surface area contributed by atoms with Crippen LogP contribution in [-0.2, 0) is 13.7 Å². The highest BCUT2D eigenvalue weighted by Crippen LogP contribution is 2.23. The van der Waals surface area contributed by atoms with E-state index in [-0.39, 0.29) is 17.9 Å². The lowest BCUT2D eigenvalue weighted by Crippen LogP contribution is -2.08. The van der Waals surface area contributed by atoms with Gasteiger partial charge in [0.15, 0.2) is 17.4 Å². The van der Waals surface area contributed by atoms with Gasteiger partial charge in [0.05, 0.1) is 0 Å². The van der Waals surface area contributed by atoms with E-state index >= 15 is 0 Å². The molecule has 0 spiro atoms. The first kappa shape index (κ1) is 12.0. The smallest absolute Gasteiger partial charge is 0.339 e. The van der Waals surface area contributed by atoms with Crippen molar-refractivity contribution >= 4 is 5.97 Å². The molecule has 0 aliphatic rings. The molecular weight excluding hydrogens is 241 g/mol. The predicted molar refractivity (Wildman–Crippen MR) is 58.7 cm³/mol. The molecule has 2 aromatic rings. The van der Waals surface area contributed by atoms with Crippen LogP contribution >= 0.6 is 0 Å². The lowest BCUT2D eigenvalue weighted by atomic mass is 10.2. The number of hydrogen-bond acceptors (Lipinski definition) is 4. The Balaban J connectivity index is 2.24. The van der Waals surface area contributed by atoms with E-state index < -0.39 is 11.8 Å². The van der Waals surface area contributed by atoms with Gasteiger partial charge in [-0.3, -0.25) is 4.68 Å². The van der Waals surface area contributed by atoms with E-state index in [4.69, 9.17) is 9.84 Å². The van der Waals surface area contributed by atoms with Crippen molar-refractivity contribution in [3.8, 4) is 5.75 Å². The molecule has 0 unspecified atom stereocenters. The summed E-state index contributed by atoms with van der Waals surface area (Å²) in [6, 6.07) is 3.73. The summed E-state index contributed by atoms with van der Waals surface area (Å²) in [5, 5.41) is 12.7. The Hall–Kier alpha value is -2.44. The standard InChI is InChI=1S/C11H10FN3O3/c1-15-9(13-6-14-15)5-18-10-7(11(16)17)3-2-4-8(10)12/h2-4,6H,5H2,1H3,(H,16,17). The molecule has 0 aliphatic carbocycles. The Bertz CT molecular complexity index is 583. The van der Waals surface area contributed by atoms with Crippen LogP contribution in [0.3, 0.4) is 0 Å². The minimum absolute atomic E-state index is 0.0578. The Morgan fingerprint density at radius 2 is 2.33 bits per heavy atom. The number of carboxylic acid groups (broad SMARTS) is 1. The number of aryl methyl sites for hydroxylation is 1. The number of ether oxygens (including phenoxy) is 1. The highest BCUT2D eigenvalue weighted by molar-refractivity contribution is 5.90. The molecule has 18 heavy (non-hydrogen) atoms. The quantitative estimate of drug-likeness (QED) is 0.884. The van der Waals surface area contributed by atoms with Gasteiger partial charge in [-0.1, -0.05) is 6.07 Å². The number of aromatic nitrogens is 3. The molecule has 0 amide bonds. The molecule has 0 aliphatic heterocycles. The van der Waals surface area contributed by atoms with Crippen LogP contribution in [-0.4, -0.2) is 25.8 Å². The first-order valence-electron chi connectivity index (χ1n) is 5.07. The van der Waals surface area contributed by atoms with Crippen LogP contribution in [0.15, 0.2) is 24.5 Å².